The van der Waals surface area contributed by atoms with Crippen molar-refractivity contribution in [2.24, 2.45) is 5.73 Å². The van der Waals surface area contributed by atoms with Gasteiger partial charge in [-0.2, -0.15) is 0 Å². The van der Waals surface area contributed by atoms with Gasteiger partial charge in [-0.25, -0.2) is 0 Å². The van der Waals surface area contributed by atoms with Gasteiger partial charge in [0.25, 0.3) is 0 Å². The molecule has 3 heteroatoms. The fraction of sp³-hybridized carbons (Fsp3) is 0.571. The van der Waals surface area contributed by atoms with Crippen LogP contribution in [0, 0.1) is 0 Å². The molecule has 0 saturated carbocycles. The molecule has 0 bridgehead atoms. The first-order valence-corrected chi connectivity index (χ1v) is 7.12. The van der Waals surface area contributed by atoms with E-state index in [0.717, 1.165) is 30.3 Å². The fourth-order valence-electron chi connectivity index (χ4n) is 1.95. The number of hydrogen-bond acceptors (Lipinski definition) is 2. The summed E-state index contributed by atoms with van der Waals surface area (Å²) < 4.78 is 1.13. The Bertz CT molecular complexity index is 352. The molecule has 96 valence electrons. The largest absolute Gasteiger partial charge is 0.374 e. The number of halogens is 1. The van der Waals surface area contributed by atoms with Gasteiger partial charge in [0.1, 0.15) is 0 Å². The van der Waals surface area contributed by atoms with Crippen molar-refractivity contribution in [1.82, 2.24) is 0 Å². The summed E-state index contributed by atoms with van der Waals surface area (Å²) in [5, 5.41) is 0. The Morgan fingerprint density at radius 1 is 1.35 bits per heavy atom. The molecule has 0 aromatic heterocycles. The van der Waals surface area contributed by atoms with E-state index in [0.29, 0.717) is 0 Å². The molecule has 0 aliphatic carbocycles. The van der Waals surface area contributed by atoms with Gasteiger partial charge >= 0.3 is 0 Å². The Hall–Kier alpha value is -0.540. The molecule has 0 radical (unpaired) electrons. The molecule has 2 nitrogen and oxygen atoms in total. The van der Waals surface area contributed by atoms with Crippen LogP contribution in [0.25, 0.3) is 0 Å². The van der Waals surface area contributed by atoms with E-state index in [9.17, 15) is 0 Å². The summed E-state index contributed by atoms with van der Waals surface area (Å²) in [6.07, 6.45) is 3.13. The Morgan fingerprint density at radius 3 is 2.65 bits per heavy atom. The van der Waals surface area contributed by atoms with Gasteiger partial charge < -0.3 is 10.6 Å². The maximum Gasteiger partial charge on any atom is 0.0408 e. The number of anilines is 1. The van der Waals surface area contributed by atoms with E-state index in [1.165, 1.54) is 11.3 Å². The van der Waals surface area contributed by atoms with Gasteiger partial charge in [-0.05, 0) is 37.0 Å². The lowest BCUT2D eigenvalue weighted by atomic mass is 10.0. The first-order valence-electron chi connectivity index (χ1n) is 6.33. The maximum atomic E-state index is 6.06. The van der Waals surface area contributed by atoms with E-state index in [4.69, 9.17) is 5.73 Å². The third-order valence-electron chi connectivity index (χ3n) is 3.02. The second-order valence-corrected chi connectivity index (χ2v) is 5.48. The van der Waals surface area contributed by atoms with Crippen molar-refractivity contribution >= 4 is 21.6 Å². The van der Waals surface area contributed by atoms with Crippen LogP contribution in [-0.2, 0) is 6.42 Å². The number of nitrogens with zero attached hydrogens (tertiary/aromatic N) is 1. The van der Waals surface area contributed by atoms with Gasteiger partial charge in [-0.1, -0.05) is 35.8 Å². The minimum atomic E-state index is 0.255. The number of nitrogens with two attached hydrogens (primary N) is 1. The second kappa shape index (κ2) is 7.02. The van der Waals surface area contributed by atoms with E-state index in [-0.39, 0.29) is 6.04 Å². The highest BCUT2D eigenvalue weighted by Gasteiger charge is 2.10. The molecule has 1 atom stereocenters. The summed E-state index contributed by atoms with van der Waals surface area (Å²) >= 11 is 3.54. The second-order valence-electron chi connectivity index (χ2n) is 4.57. The van der Waals surface area contributed by atoms with Crippen molar-refractivity contribution in [3.05, 3.63) is 28.2 Å². The molecule has 0 aliphatic rings. The van der Waals surface area contributed by atoms with Crippen molar-refractivity contribution < 1.29 is 0 Å². The summed E-state index contributed by atoms with van der Waals surface area (Å²) in [7, 11) is 2.15. The third kappa shape index (κ3) is 4.32. The van der Waals surface area contributed by atoms with E-state index >= 15 is 0 Å². The molecular formula is C14H23BrN2. The monoisotopic (exact) mass is 298 g/mol. The predicted octanol–water partition coefficient (Wildman–Crippen LogP) is 3.58. The molecule has 0 amide bonds. The molecule has 0 heterocycles. The summed E-state index contributed by atoms with van der Waals surface area (Å²) in [6.45, 7) is 5.41. The van der Waals surface area contributed by atoms with Crippen molar-refractivity contribution in [2.75, 3.05) is 18.5 Å². The number of hydrogen-bond donors (Lipinski definition) is 1. The summed E-state index contributed by atoms with van der Waals surface area (Å²) in [6, 6.07) is 6.72. The van der Waals surface area contributed by atoms with Crippen LogP contribution in [0.3, 0.4) is 0 Å². The first kappa shape index (κ1) is 14.5. The molecular weight excluding hydrogens is 276 g/mol. The molecule has 1 aromatic rings. The molecule has 17 heavy (non-hydrogen) atoms. The average molecular weight is 299 g/mol. The summed E-state index contributed by atoms with van der Waals surface area (Å²) in [4.78, 5) is 2.31. The highest BCUT2D eigenvalue weighted by Crippen LogP contribution is 2.25. The normalized spacial score (nSPS) is 12.5. The number of rotatable bonds is 6. The van der Waals surface area contributed by atoms with Crippen molar-refractivity contribution in [3.63, 3.8) is 0 Å². The standard InChI is InChI=1S/C14H23BrN2/c1-4-8-17(3)14-10-12(15)7-6-11(14)9-13(16)5-2/h6-7,10,13H,4-5,8-9,16H2,1-3H3. The number of benzene rings is 1. The van der Waals surface area contributed by atoms with Crippen LogP contribution >= 0.6 is 15.9 Å². The van der Waals surface area contributed by atoms with Crippen LogP contribution < -0.4 is 10.6 Å². The lowest BCUT2D eigenvalue weighted by Crippen LogP contribution is -2.24. The van der Waals surface area contributed by atoms with E-state index < -0.39 is 0 Å². The van der Waals surface area contributed by atoms with Gasteiger partial charge in [-0.15, -0.1) is 0 Å². The Labute approximate surface area is 113 Å². The lowest BCUT2D eigenvalue weighted by Gasteiger charge is -2.23. The molecule has 1 rings (SSSR count). The predicted molar refractivity (Wildman–Crippen MR) is 79.7 cm³/mol. The van der Waals surface area contributed by atoms with Gasteiger partial charge in [0.2, 0.25) is 0 Å². The zero-order chi connectivity index (χ0) is 12.8. The SMILES string of the molecule is CCCN(C)c1cc(Br)ccc1CC(N)CC. The van der Waals surface area contributed by atoms with E-state index in [2.05, 4.69) is 59.9 Å². The van der Waals surface area contributed by atoms with Gasteiger partial charge in [-0.3, -0.25) is 0 Å². The van der Waals surface area contributed by atoms with Crippen molar-refractivity contribution in [1.29, 1.82) is 0 Å². The Morgan fingerprint density at radius 2 is 2.06 bits per heavy atom. The molecule has 0 aliphatic heterocycles. The fourth-order valence-corrected chi connectivity index (χ4v) is 2.30. The minimum Gasteiger partial charge on any atom is -0.374 e. The molecule has 0 saturated heterocycles. The van der Waals surface area contributed by atoms with Crippen LogP contribution in [0.2, 0.25) is 0 Å². The van der Waals surface area contributed by atoms with Crippen LogP contribution in [0.4, 0.5) is 5.69 Å². The first-order chi connectivity index (χ1) is 8.08. The summed E-state index contributed by atoms with van der Waals surface area (Å²) in [5.74, 6) is 0. The zero-order valence-corrected chi connectivity index (χ0v) is 12.6. The van der Waals surface area contributed by atoms with Gasteiger partial charge in [0, 0.05) is 29.8 Å². The maximum absolute atomic E-state index is 6.06. The third-order valence-corrected chi connectivity index (χ3v) is 3.52. The van der Waals surface area contributed by atoms with Crippen LogP contribution in [0.1, 0.15) is 32.3 Å². The van der Waals surface area contributed by atoms with Gasteiger partial charge in [0.15, 0.2) is 0 Å². The summed E-state index contributed by atoms with van der Waals surface area (Å²) in [5.41, 5.74) is 8.70. The molecule has 1 unspecified atom stereocenters. The zero-order valence-electron chi connectivity index (χ0n) is 11.0. The quantitative estimate of drug-likeness (QED) is 0.870. The topological polar surface area (TPSA) is 29.3 Å². The molecule has 0 spiro atoms. The highest BCUT2D eigenvalue weighted by molar-refractivity contribution is 9.10. The van der Waals surface area contributed by atoms with Gasteiger partial charge in [0.05, 0.1) is 0 Å². The molecule has 0 fully saturated rings. The highest BCUT2D eigenvalue weighted by atomic mass is 79.9. The van der Waals surface area contributed by atoms with Crippen LogP contribution in [0.15, 0.2) is 22.7 Å². The Kier molecular flexibility index (Phi) is 6.00. The Balaban J connectivity index is 2.94. The van der Waals surface area contributed by atoms with Crippen molar-refractivity contribution in [2.45, 2.75) is 39.2 Å². The molecule has 1 aromatic carbocycles. The van der Waals surface area contributed by atoms with Crippen LogP contribution in [-0.4, -0.2) is 19.6 Å². The average Bonchev–Trinajstić information content (AvgIpc) is 2.31. The lowest BCUT2D eigenvalue weighted by molar-refractivity contribution is 0.645. The van der Waals surface area contributed by atoms with Crippen molar-refractivity contribution in [3.8, 4) is 0 Å². The van der Waals surface area contributed by atoms with E-state index in [1.54, 1.807) is 0 Å². The van der Waals surface area contributed by atoms with Crippen LogP contribution in [0.5, 0.6) is 0 Å². The smallest absolute Gasteiger partial charge is 0.0408 e. The van der Waals surface area contributed by atoms with E-state index in [1.807, 2.05) is 0 Å². The molecule has 2 N–H and O–H groups in total. The minimum absolute atomic E-state index is 0.255.